The normalized spacial score (nSPS) is 41.1. The summed E-state index contributed by atoms with van der Waals surface area (Å²) in [6, 6.07) is 6.80. The molecule has 2 aliphatic carbocycles. The van der Waals surface area contributed by atoms with Gasteiger partial charge in [0.05, 0.1) is 26.7 Å². The number of benzene rings is 1. The Morgan fingerprint density at radius 1 is 1.29 bits per heavy atom. The Kier molecular flexibility index (Phi) is 2.89. The number of likely N-dealkylation sites (tertiary alicyclic amines) is 1. The molecule has 4 atom stereocenters. The molecule has 1 unspecified atom stereocenters. The summed E-state index contributed by atoms with van der Waals surface area (Å²) in [6.07, 6.45) is 7.09. The minimum atomic E-state index is -0.0299. The van der Waals surface area contributed by atoms with Crippen molar-refractivity contribution in [3.05, 3.63) is 34.5 Å². The van der Waals surface area contributed by atoms with Crippen LogP contribution in [0.2, 0.25) is 0 Å². The molecule has 3 aliphatic rings. The molecule has 0 aromatic heterocycles. The van der Waals surface area contributed by atoms with Crippen molar-refractivity contribution in [3.8, 4) is 5.75 Å². The molecule has 1 saturated carbocycles. The first kappa shape index (κ1) is 13.6. The zero-order valence-corrected chi connectivity index (χ0v) is 13.1. The molecule has 1 saturated heterocycles. The second-order valence-corrected chi connectivity index (χ2v) is 7.45. The van der Waals surface area contributed by atoms with Crippen LogP contribution >= 0.6 is 0 Å². The molecule has 2 fully saturated rings. The van der Waals surface area contributed by atoms with Crippen molar-refractivity contribution in [2.75, 3.05) is 20.7 Å². The van der Waals surface area contributed by atoms with Crippen LogP contribution in [0.1, 0.15) is 43.2 Å². The van der Waals surface area contributed by atoms with Gasteiger partial charge in [0.15, 0.2) is 0 Å². The summed E-state index contributed by atoms with van der Waals surface area (Å²) in [4.78, 5) is 0. The van der Waals surface area contributed by atoms with Gasteiger partial charge in [0.2, 0.25) is 0 Å². The van der Waals surface area contributed by atoms with Crippen LogP contribution in [0.3, 0.4) is 0 Å². The van der Waals surface area contributed by atoms with Crippen molar-refractivity contribution >= 4 is 0 Å². The Bertz CT molecular complexity index is 568. The molecule has 3 heteroatoms. The molecule has 3 nitrogen and oxygen atoms in total. The van der Waals surface area contributed by atoms with Gasteiger partial charge in [-0.2, -0.15) is 0 Å². The van der Waals surface area contributed by atoms with E-state index in [0.717, 1.165) is 25.1 Å². The number of piperidine rings is 1. The highest BCUT2D eigenvalue weighted by Crippen LogP contribution is 2.57. The van der Waals surface area contributed by atoms with Gasteiger partial charge in [-0.15, -0.1) is 0 Å². The number of nitrogens with zero attached hydrogens (tertiary/aromatic N) is 1. The Labute approximate surface area is 127 Å². The van der Waals surface area contributed by atoms with E-state index in [1.54, 1.807) is 7.11 Å². The van der Waals surface area contributed by atoms with Crippen LogP contribution in [0.5, 0.6) is 5.75 Å². The Morgan fingerprint density at radius 2 is 2.14 bits per heavy atom. The molecule has 1 aromatic carbocycles. The smallest absolute Gasteiger partial charge is 0.119 e. The fraction of sp³-hybridized carbons (Fsp3) is 0.667. The number of rotatable bonds is 1. The van der Waals surface area contributed by atoms with Crippen molar-refractivity contribution in [1.29, 1.82) is 0 Å². The number of fused-ring (bicyclic) bond motifs is 1. The molecule has 0 N–H and O–H groups in total. The van der Waals surface area contributed by atoms with Gasteiger partial charge in [-0.25, -0.2) is 0 Å². The average Bonchev–Trinajstić information content (AvgIpc) is 2.51. The number of ether oxygens (including phenoxy) is 1. The Morgan fingerprint density at radius 3 is 2.95 bits per heavy atom. The molecule has 1 aromatic rings. The van der Waals surface area contributed by atoms with Crippen LogP contribution in [0, 0.1) is 11.1 Å². The quantitative estimate of drug-likeness (QED) is 0.586. The minimum absolute atomic E-state index is 0.0299. The Balaban J connectivity index is 1.89. The van der Waals surface area contributed by atoms with E-state index in [9.17, 15) is 5.21 Å². The molecule has 1 heterocycles. The third-order valence-corrected chi connectivity index (χ3v) is 6.55. The molecule has 21 heavy (non-hydrogen) atoms. The maximum absolute atomic E-state index is 13.0. The third-order valence-electron chi connectivity index (χ3n) is 6.55. The van der Waals surface area contributed by atoms with Crippen molar-refractivity contribution < 1.29 is 9.38 Å². The first-order valence-electron chi connectivity index (χ1n) is 8.30. The lowest BCUT2D eigenvalue weighted by atomic mass is 9.52. The lowest BCUT2D eigenvalue weighted by Gasteiger charge is -2.63. The average molecular weight is 287 g/mol. The number of quaternary nitrogens is 1. The standard InChI is InChI=1S/C18H25NO2/c1-19(20)10-9-18-8-4-3-5-15(18)17(19)11-13-6-7-14(21-2)12-16(13)18/h6-7,12,15,17H,3-5,8-11H2,1-2H3/t15-,17+,18-,19?/m1/s1. The number of hydroxylamine groups is 3. The topological polar surface area (TPSA) is 32.3 Å². The van der Waals surface area contributed by atoms with E-state index in [2.05, 4.69) is 18.2 Å². The number of hydrogen-bond acceptors (Lipinski definition) is 2. The van der Waals surface area contributed by atoms with E-state index in [0.29, 0.717) is 5.92 Å². The van der Waals surface area contributed by atoms with E-state index in [1.165, 1.54) is 36.8 Å². The summed E-state index contributed by atoms with van der Waals surface area (Å²) in [5, 5.41) is 13.0. The van der Waals surface area contributed by atoms with Crippen molar-refractivity contribution in [2.45, 2.75) is 50.0 Å². The van der Waals surface area contributed by atoms with Gasteiger partial charge in [0.25, 0.3) is 0 Å². The second kappa shape index (κ2) is 4.47. The molecule has 0 amide bonds. The van der Waals surface area contributed by atoms with Crippen molar-refractivity contribution in [3.63, 3.8) is 0 Å². The third kappa shape index (κ3) is 1.80. The molecule has 114 valence electrons. The summed E-state index contributed by atoms with van der Waals surface area (Å²) < 4.78 is 5.44. The summed E-state index contributed by atoms with van der Waals surface area (Å²) in [7, 11) is 3.65. The molecule has 1 aliphatic heterocycles. The van der Waals surface area contributed by atoms with Crippen LogP contribution in [0.25, 0.3) is 0 Å². The lowest BCUT2D eigenvalue weighted by Crippen LogP contribution is -2.66. The van der Waals surface area contributed by atoms with Crippen molar-refractivity contribution in [1.82, 2.24) is 0 Å². The van der Waals surface area contributed by atoms with Crippen LogP contribution in [-0.4, -0.2) is 31.4 Å². The zero-order chi connectivity index (χ0) is 14.7. The van der Waals surface area contributed by atoms with Gasteiger partial charge in [0.1, 0.15) is 5.75 Å². The van der Waals surface area contributed by atoms with Gasteiger partial charge < -0.3 is 14.6 Å². The SMILES string of the molecule is COc1ccc2c(c1)[C@@]13CCCC[C@@H]1[C@H](C2)[N+](C)([O-])CC3. The van der Waals surface area contributed by atoms with Gasteiger partial charge in [-0.3, -0.25) is 0 Å². The van der Waals surface area contributed by atoms with Gasteiger partial charge in [0, 0.05) is 24.2 Å². The number of likely N-dealkylation sites (N-methyl/N-ethyl adjacent to an activating group) is 1. The largest absolute Gasteiger partial charge is 0.633 e. The maximum Gasteiger partial charge on any atom is 0.119 e. The van der Waals surface area contributed by atoms with Crippen LogP contribution in [-0.2, 0) is 11.8 Å². The molecular formula is C18H25NO2. The first-order valence-corrected chi connectivity index (χ1v) is 8.30. The van der Waals surface area contributed by atoms with Crippen molar-refractivity contribution in [2.24, 2.45) is 5.92 Å². The fourth-order valence-electron chi connectivity index (χ4n) is 5.46. The van der Waals surface area contributed by atoms with E-state index < -0.39 is 0 Å². The van der Waals surface area contributed by atoms with Gasteiger partial charge in [-0.05, 0) is 36.1 Å². The first-order chi connectivity index (χ1) is 10.1. The molecule has 2 bridgehead atoms. The lowest BCUT2D eigenvalue weighted by molar-refractivity contribution is -0.899. The predicted octanol–water partition coefficient (Wildman–Crippen LogP) is 3.40. The molecule has 4 rings (SSSR count). The highest BCUT2D eigenvalue weighted by molar-refractivity contribution is 5.45. The Hall–Kier alpha value is -1.06. The highest BCUT2D eigenvalue weighted by atomic mass is 16.5. The molecular weight excluding hydrogens is 262 g/mol. The van der Waals surface area contributed by atoms with Crippen LogP contribution < -0.4 is 4.74 Å². The fourth-order valence-corrected chi connectivity index (χ4v) is 5.46. The van der Waals surface area contributed by atoms with Crippen LogP contribution in [0.15, 0.2) is 18.2 Å². The highest BCUT2D eigenvalue weighted by Gasteiger charge is 2.57. The minimum Gasteiger partial charge on any atom is -0.633 e. The molecule has 0 spiro atoms. The second-order valence-electron chi connectivity index (χ2n) is 7.45. The van der Waals surface area contributed by atoms with Gasteiger partial charge in [-0.1, -0.05) is 18.9 Å². The summed E-state index contributed by atoms with van der Waals surface area (Å²) in [5.41, 5.74) is 3.16. The summed E-state index contributed by atoms with van der Waals surface area (Å²) in [5.74, 6) is 1.54. The maximum atomic E-state index is 13.0. The summed E-state index contributed by atoms with van der Waals surface area (Å²) >= 11 is 0. The van der Waals surface area contributed by atoms with E-state index >= 15 is 0 Å². The monoisotopic (exact) mass is 287 g/mol. The van der Waals surface area contributed by atoms with E-state index in [1.807, 2.05) is 7.05 Å². The number of hydrogen-bond donors (Lipinski definition) is 0. The van der Waals surface area contributed by atoms with E-state index in [4.69, 9.17) is 4.74 Å². The summed E-state index contributed by atoms with van der Waals surface area (Å²) in [6.45, 7) is 0.776. The van der Waals surface area contributed by atoms with Crippen LogP contribution in [0.4, 0.5) is 0 Å². The predicted molar refractivity (Wildman–Crippen MR) is 83.2 cm³/mol. The molecule has 0 radical (unpaired) electrons. The van der Waals surface area contributed by atoms with E-state index in [-0.39, 0.29) is 16.1 Å². The van der Waals surface area contributed by atoms with Gasteiger partial charge >= 0.3 is 0 Å². The zero-order valence-electron chi connectivity index (χ0n) is 13.1. The number of methoxy groups -OCH3 is 1.